The minimum absolute atomic E-state index is 0.209. The van der Waals surface area contributed by atoms with Crippen LogP contribution >= 0.6 is 0 Å². The van der Waals surface area contributed by atoms with Gasteiger partial charge in [0.1, 0.15) is 24.2 Å². The Morgan fingerprint density at radius 2 is 1.25 bits per heavy atom. The molecule has 1 saturated heterocycles. The fourth-order valence-electron chi connectivity index (χ4n) is 6.43. The van der Waals surface area contributed by atoms with Crippen molar-refractivity contribution in [2.45, 2.75) is 111 Å². The Balaban J connectivity index is 1.49. The van der Waals surface area contributed by atoms with Gasteiger partial charge in [-0.1, -0.05) is 35.4 Å². The smallest absolute Gasteiger partial charge is 0.306 e. The molecule has 1 aliphatic rings. The number of hydrogen-bond acceptors (Lipinski definition) is 7. The minimum atomic E-state index is -0.284. The van der Waals surface area contributed by atoms with Gasteiger partial charge in [-0.3, -0.25) is 14.5 Å². The van der Waals surface area contributed by atoms with E-state index in [1.54, 1.807) is 0 Å². The molecule has 1 fully saturated rings. The Kier molecular flexibility index (Phi) is 9.94. The van der Waals surface area contributed by atoms with Crippen molar-refractivity contribution in [3.8, 4) is 11.5 Å². The van der Waals surface area contributed by atoms with Gasteiger partial charge in [-0.05, 0) is 90.5 Å². The predicted molar refractivity (Wildman–Crippen MR) is 157 cm³/mol. The number of esters is 2. The highest BCUT2D eigenvalue weighted by atomic mass is 16.5. The van der Waals surface area contributed by atoms with Gasteiger partial charge in [0.05, 0.1) is 0 Å². The molecule has 0 bridgehead atoms. The molecule has 0 amide bonds. The topological polar surface area (TPSA) is 96.3 Å². The van der Waals surface area contributed by atoms with Gasteiger partial charge in [0, 0.05) is 43.3 Å². The molecule has 1 heterocycles. The summed E-state index contributed by atoms with van der Waals surface area (Å²) in [5, 5.41) is 20.6. The Morgan fingerprint density at radius 3 is 1.73 bits per heavy atom. The Bertz CT molecular complexity index is 1210. The van der Waals surface area contributed by atoms with E-state index in [4.69, 9.17) is 9.47 Å². The highest BCUT2D eigenvalue weighted by Gasteiger charge is 2.46. The van der Waals surface area contributed by atoms with Crippen LogP contribution < -0.4 is 0 Å². The number of phenols is 2. The molecule has 1 aliphatic heterocycles. The monoisotopic (exact) mass is 553 g/mol. The van der Waals surface area contributed by atoms with Gasteiger partial charge >= 0.3 is 11.9 Å². The van der Waals surface area contributed by atoms with E-state index >= 15 is 0 Å². The molecule has 0 saturated carbocycles. The van der Waals surface area contributed by atoms with Gasteiger partial charge in [-0.2, -0.15) is 0 Å². The first kappa shape index (κ1) is 31.5. The molecule has 7 nitrogen and oxygen atoms in total. The Hall–Kier alpha value is -3.06. The van der Waals surface area contributed by atoms with Gasteiger partial charge in [0.2, 0.25) is 0 Å². The van der Waals surface area contributed by atoms with Crippen molar-refractivity contribution in [2.24, 2.45) is 0 Å². The molecule has 2 aromatic carbocycles. The molecule has 0 aromatic heterocycles. The van der Waals surface area contributed by atoms with Crippen LogP contribution in [0.25, 0.3) is 0 Å². The standard InChI is InChI=1S/C33H47NO6/c1-21-15-23(3)30(37)25(17-21)9-11-28(35)39-14-13-34-32(5,6)19-27(20-33(34,7)8)40-29(36)12-10-26-18-22(2)16-24(4)31(26)38/h15-18,27,37-38H,9-14,19-20H2,1-8H3. The maximum absolute atomic E-state index is 12.7. The lowest BCUT2D eigenvalue weighted by Crippen LogP contribution is -2.63. The van der Waals surface area contributed by atoms with E-state index in [1.807, 2.05) is 52.0 Å². The van der Waals surface area contributed by atoms with Crippen molar-refractivity contribution in [3.05, 3.63) is 57.6 Å². The largest absolute Gasteiger partial charge is 0.507 e. The number of piperidine rings is 1. The van der Waals surface area contributed by atoms with Crippen LogP contribution in [0.15, 0.2) is 24.3 Å². The molecule has 220 valence electrons. The Morgan fingerprint density at radius 1 is 0.800 bits per heavy atom. The number of likely N-dealkylation sites (tertiary alicyclic amines) is 1. The van der Waals surface area contributed by atoms with E-state index in [1.165, 1.54) is 0 Å². The van der Waals surface area contributed by atoms with Crippen LogP contribution in [0.5, 0.6) is 11.5 Å². The third-order valence-electron chi connectivity index (χ3n) is 8.04. The van der Waals surface area contributed by atoms with Crippen LogP contribution in [0.4, 0.5) is 0 Å². The van der Waals surface area contributed by atoms with Gasteiger partial charge in [0.25, 0.3) is 0 Å². The summed E-state index contributed by atoms with van der Waals surface area (Å²) in [6, 6.07) is 7.67. The molecule has 2 aromatic rings. The molecule has 0 atom stereocenters. The van der Waals surface area contributed by atoms with Gasteiger partial charge in [-0.25, -0.2) is 0 Å². The van der Waals surface area contributed by atoms with E-state index in [0.717, 1.165) is 33.4 Å². The van der Waals surface area contributed by atoms with E-state index in [0.29, 0.717) is 32.2 Å². The number of aryl methyl sites for hydroxylation is 6. The zero-order valence-electron chi connectivity index (χ0n) is 25.5. The fraction of sp³-hybridized carbons (Fsp3) is 0.576. The Labute approximate surface area is 239 Å². The van der Waals surface area contributed by atoms with E-state index < -0.39 is 0 Å². The third kappa shape index (κ3) is 8.00. The summed E-state index contributed by atoms with van der Waals surface area (Å²) < 4.78 is 11.5. The summed E-state index contributed by atoms with van der Waals surface area (Å²) in [6.07, 6.45) is 2.44. The lowest BCUT2D eigenvalue weighted by Gasteiger charge is -2.54. The van der Waals surface area contributed by atoms with Crippen molar-refractivity contribution in [2.75, 3.05) is 13.2 Å². The molecule has 2 N–H and O–H groups in total. The van der Waals surface area contributed by atoms with E-state index in [2.05, 4.69) is 32.6 Å². The first-order valence-electron chi connectivity index (χ1n) is 14.3. The summed E-state index contributed by atoms with van der Waals surface area (Å²) in [6.45, 7) is 17.0. The van der Waals surface area contributed by atoms with Gasteiger partial charge < -0.3 is 19.7 Å². The van der Waals surface area contributed by atoms with Crippen LogP contribution in [0, 0.1) is 27.7 Å². The number of hydrogen-bond donors (Lipinski definition) is 2. The summed E-state index contributed by atoms with van der Waals surface area (Å²) in [5.41, 5.74) is 4.72. The molecule has 7 heteroatoms. The molecular weight excluding hydrogens is 506 g/mol. The second kappa shape index (κ2) is 12.6. The number of rotatable bonds is 10. The highest BCUT2D eigenvalue weighted by Crippen LogP contribution is 2.39. The second-order valence-electron chi connectivity index (χ2n) is 12.7. The summed E-state index contributed by atoms with van der Waals surface area (Å²) in [4.78, 5) is 27.5. The third-order valence-corrected chi connectivity index (χ3v) is 8.04. The minimum Gasteiger partial charge on any atom is -0.507 e. The number of nitrogens with zero attached hydrogens (tertiary/aromatic N) is 1. The first-order valence-corrected chi connectivity index (χ1v) is 14.3. The van der Waals surface area contributed by atoms with Crippen LogP contribution in [0.1, 0.15) is 86.8 Å². The molecule has 3 rings (SSSR count). The van der Waals surface area contributed by atoms with Crippen molar-refractivity contribution in [1.29, 1.82) is 0 Å². The maximum Gasteiger partial charge on any atom is 0.306 e. The molecule has 0 aliphatic carbocycles. The zero-order valence-corrected chi connectivity index (χ0v) is 25.5. The SMILES string of the molecule is Cc1cc(C)c(O)c(CCC(=O)OCCN2C(C)(C)CC(OC(=O)CCc3cc(C)cc(C)c3O)CC2(C)C)c1. The van der Waals surface area contributed by atoms with Crippen LogP contribution in [-0.2, 0) is 31.9 Å². The van der Waals surface area contributed by atoms with Crippen molar-refractivity contribution >= 4 is 11.9 Å². The van der Waals surface area contributed by atoms with Crippen molar-refractivity contribution < 1.29 is 29.3 Å². The van der Waals surface area contributed by atoms with Crippen LogP contribution in [0.2, 0.25) is 0 Å². The van der Waals surface area contributed by atoms with E-state index in [-0.39, 0.29) is 60.1 Å². The van der Waals surface area contributed by atoms with Crippen molar-refractivity contribution in [1.82, 2.24) is 4.90 Å². The molecular formula is C33H47NO6. The molecule has 0 unspecified atom stereocenters. The van der Waals surface area contributed by atoms with Crippen molar-refractivity contribution in [3.63, 3.8) is 0 Å². The molecule has 0 radical (unpaired) electrons. The quantitative estimate of drug-likeness (QED) is 0.348. The lowest BCUT2D eigenvalue weighted by atomic mass is 9.78. The van der Waals surface area contributed by atoms with Crippen LogP contribution in [0.3, 0.4) is 0 Å². The average Bonchev–Trinajstić information content (AvgIpc) is 2.82. The summed E-state index contributed by atoms with van der Waals surface area (Å²) in [5.74, 6) is -0.0489. The number of ether oxygens (including phenoxy) is 2. The fourth-order valence-corrected chi connectivity index (χ4v) is 6.43. The highest BCUT2D eigenvalue weighted by molar-refractivity contribution is 5.70. The molecule has 0 spiro atoms. The second-order valence-corrected chi connectivity index (χ2v) is 12.7. The van der Waals surface area contributed by atoms with Gasteiger partial charge in [-0.15, -0.1) is 0 Å². The maximum atomic E-state index is 12.7. The number of phenolic OH excluding ortho intramolecular Hbond substituents is 2. The number of benzene rings is 2. The molecule has 40 heavy (non-hydrogen) atoms. The average molecular weight is 554 g/mol. The summed E-state index contributed by atoms with van der Waals surface area (Å²) >= 11 is 0. The van der Waals surface area contributed by atoms with E-state index in [9.17, 15) is 19.8 Å². The summed E-state index contributed by atoms with van der Waals surface area (Å²) in [7, 11) is 0. The number of carbonyl (C=O) groups is 2. The lowest BCUT2D eigenvalue weighted by molar-refractivity contribution is -0.163. The first-order chi connectivity index (χ1) is 18.6. The van der Waals surface area contributed by atoms with Gasteiger partial charge in [0.15, 0.2) is 0 Å². The van der Waals surface area contributed by atoms with Crippen LogP contribution in [-0.4, -0.2) is 57.4 Å². The zero-order chi connectivity index (χ0) is 29.8. The number of carbonyl (C=O) groups excluding carboxylic acids is 2. The predicted octanol–water partition coefficient (Wildman–Crippen LogP) is 6.00. The number of aromatic hydroxyl groups is 2. The normalized spacial score (nSPS) is 17.0.